The summed E-state index contributed by atoms with van der Waals surface area (Å²) in [5, 5.41) is 13.0. The summed E-state index contributed by atoms with van der Waals surface area (Å²) in [6, 6.07) is 9.03. The topological polar surface area (TPSA) is 64.7 Å². The van der Waals surface area contributed by atoms with Crippen LogP contribution < -0.4 is 0 Å². The molecule has 1 aliphatic heterocycles. The minimum Gasteiger partial charge on any atom is -0.316 e. The highest BCUT2D eigenvalue weighted by atomic mass is 15.4. The lowest BCUT2D eigenvalue weighted by Crippen LogP contribution is -2.33. The number of nitrogens with zero attached hydrogens (tertiary/aromatic N) is 7. The number of hydrogen-bond acceptors (Lipinski definition) is 5. The third-order valence-electron chi connectivity index (χ3n) is 5.56. The van der Waals surface area contributed by atoms with Crippen molar-refractivity contribution in [2.75, 3.05) is 13.1 Å². The van der Waals surface area contributed by atoms with Gasteiger partial charge in [0.05, 0.1) is 0 Å². The molecule has 0 unspecified atom stereocenters. The Hall–Kier alpha value is -2.54. The normalized spacial score (nSPS) is 16.1. The van der Waals surface area contributed by atoms with Gasteiger partial charge in [-0.15, -0.1) is 10.2 Å². The summed E-state index contributed by atoms with van der Waals surface area (Å²) < 4.78 is 3.91. The van der Waals surface area contributed by atoms with E-state index in [1.54, 1.807) is 17.3 Å². The van der Waals surface area contributed by atoms with E-state index in [-0.39, 0.29) is 0 Å². The molecular weight excluding hydrogens is 338 g/mol. The van der Waals surface area contributed by atoms with Crippen LogP contribution in [-0.4, -0.2) is 47.5 Å². The van der Waals surface area contributed by atoms with E-state index in [4.69, 9.17) is 0 Å². The van der Waals surface area contributed by atoms with Crippen molar-refractivity contribution in [1.29, 1.82) is 0 Å². The van der Waals surface area contributed by atoms with Gasteiger partial charge in [-0.1, -0.05) is 31.2 Å². The summed E-state index contributed by atoms with van der Waals surface area (Å²) in [6.45, 7) is 6.05. The van der Waals surface area contributed by atoms with Crippen LogP contribution in [0.15, 0.2) is 36.9 Å². The van der Waals surface area contributed by atoms with Crippen LogP contribution in [0.4, 0.5) is 0 Å². The molecule has 0 N–H and O–H groups in total. The molecule has 7 heteroatoms. The van der Waals surface area contributed by atoms with Crippen molar-refractivity contribution in [1.82, 2.24) is 34.4 Å². The molecule has 1 saturated heterocycles. The van der Waals surface area contributed by atoms with Crippen LogP contribution in [0.3, 0.4) is 0 Å². The summed E-state index contributed by atoms with van der Waals surface area (Å²) >= 11 is 0. The third-order valence-corrected chi connectivity index (χ3v) is 5.56. The van der Waals surface area contributed by atoms with Crippen molar-refractivity contribution in [3.8, 4) is 0 Å². The van der Waals surface area contributed by atoms with Gasteiger partial charge >= 0.3 is 0 Å². The van der Waals surface area contributed by atoms with Gasteiger partial charge in [0.15, 0.2) is 5.82 Å². The molecule has 3 heterocycles. The first kappa shape index (κ1) is 17.9. The van der Waals surface area contributed by atoms with Gasteiger partial charge in [-0.05, 0) is 43.5 Å². The van der Waals surface area contributed by atoms with Crippen LogP contribution in [-0.2, 0) is 26.6 Å². The van der Waals surface area contributed by atoms with Gasteiger partial charge in [0.2, 0.25) is 0 Å². The maximum atomic E-state index is 4.48. The number of aromatic nitrogens is 6. The van der Waals surface area contributed by atoms with Gasteiger partial charge in [0, 0.05) is 19.5 Å². The minimum atomic E-state index is 0.478. The molecule has 7 nitrogen and oxygen atoms in total. The number of hydrogen-bond donors (Lipinski definition) is 0. The summed E-state index contributed by atoms with van der Waals surface area (Å²) in [7, 11) is 2.06. The van der Waals surface area contributed by atoms with Crippen molar-refractivity contribution in [3.63, 3.8) is 0 Å². The molecule has 142 valence electrons. The van der Waals surface area contributed by atoms with Crippen molar-refractivity contribution >= 4 is 0 Å². The molecule has 0 atom stereocenters. The Morgan fingerprint density at radius 1 is 1.00 bits per heavy atom. The van der Waals surface area contributed by atoms with Gasteiger partial charge in [-0.3, -0.25) is 4.90 Å². The van der Waals surface area contributed by atoms with Crippen LogP contribution >= 0.6 is 0 Å². The van der Waals surface area contributed by atoms with E-state index in [9.17, 15) is 0 Å². The van der Waals surface area contributed by atoms with Gasteiger partial charge in [-0.25, -0.2) is 9.67 Å². The molecule has 1 aromatic carbocycles. The fourth-order valence-electron chi connectivity index (χ4n) is 3.82. The molecule has 0 bridgehead atoms. The Kier molecular flexibility index (Phi) is 5.29. The first-order chi connectivity index (χ1) is 13.2. The average molecular weight is 365 g/mol. The Morgan fingerprint density at radius 3 is 2.41 bits per heavy atom. The molecule has 0 radical (unpaired) electrons. The van der Waals surface area contributed by atoms with Crippen molar-refractivity contribution < 1.29 is 0 Å². The van der Waals surface area contributed by atoms with Crippen LogP contribution in [0, 0.1) is 0 Å². The van der Waals surface area contributed by atoms with E-state index in [1.807, 2.05) is 0 Å². The molecule has 0 spiro atoms. The van der Waals surface area contributed by atoms with Crippen molar-refractivity contribution in [2.45, 2.75) is 45.2 Å². The number of rotatable bonds is 6. The molecule has 2 aromatic heterocycles. The van der Waals surface area contributed by atoms with E-state index in [2.05, 4.69) is 68.0 Å². The Morgan fingerprint density at radius 2 is 1.74 bits per heavy atom. The van der Waals surface area contributed by atoms with Crippen LogP contribution in [0.1, 0.15) is 48.5 Å². The van der Waals surface area contributed by atoms with E-state index >= 15 is 0 Å². The molecule has 1 fully saturated rings. The molecule has 1 aliphatic rings. The van der Waals surface area contributed by atoms with Crippen molar-refractivity contribution in [3.05, 3.63) is 59.7 Å². The second-order valence-electron chi connectivity index (χ2n) is 7.35. The smallest absolute Gasteiger partial charge is 0.154 e. The SMILES string of the molecule is CCc1ccc(CN2CCC(c3nnc(Cn4cncn4)n3C)CC2)cc1. The maximum Gasteiger partial charge on any atom is 0.154 e. The Balaban J connectivity index is 1.34. The molecule has 27 heavy (non-hydrogen) atoms. The van der Waals surface area contributed by atoms with E-state index in [1.165, 1.54) is 11.1 Å². The fraction of sp³-hybridized carbons (Fsp3) is 0.500. The van der Waals surface area contributed by atoms with Crippen molar-refractivity contribution in [2.24, 2.45) is 7.05 Å². The van der Waals surface area contributed by atoms with Gasteiger partial charge in [-0.2, -0.15) is 5.10 Å². The summed E-state index contributed by atoms with van der Waals surface area (Å²) in [5.41, 5.74) is 2.81. The summed E-state index contributed by atoms with van der Waals surface area (Å²) in [5.74, 6) is 2.50. The standard InChI is InChI=1S/C20H27N7/c1-3-16-4-6-17(7-5-16)12-26-10-8-18(9-11-26)20-24-23-19(25(20)2)13-27-15-21-14-22-27/h4-7,14-15,18H,3,8-13H2,1-2H3. The molecule has 3 aromatic rings. The lowest BCUT2D eigenvalue weighted by atomic mass is 9.95. The highest BCUT2D eigenvalue weighted by molar-refractivity contribution is 5.22. The van der Waals surface area contributed by atoms with Gasteiger partial charge < -0.3 is 4.57 Å². The lowest BCUT2D eigenvalue weighted by Gasteiger charge is -2.31. The first-order valence-electron chi connectivity index (χ1n) is 9.73. The van der Waals surface area contributed by atoms with Crippen LogP contribution in [0.25, 0.3) is 0 Å². The second-order valence-corrected chi connectivity index (χ2v) is 7.35. The largest absolute Gasteiger partial charge is 0.316 e. The maximum absolute atomic E-state index is 4.48. The zero-order valence-electron chi connectivity index (χ0n) is 16.1. The van der Waals surface area contributed by atoms with E-state index < -0.39 is 0 Å². The Labute approximate surface area is 160 Å². The molecule has 0 aliphatic carbocycles. The van der Waals surface area contributed by atoms with Crippen LogP contribution in [0.5, 0.6) is 0 Å². The van der Waals surface area contributed by atoms with Crippen LogP contribution in [0.2, 0.25) is 0 Å². The summed E-state index contributed by atoms with van der Waals surface area (Å²) in [4.78, 5) is 6.53. The molecular formula is C20H27N7. The number of aryl methyl sites for hydroxylation is 1. The quantitative estimate of drug-likeness (QED) is 0.671. The third kappa shape index (κ3) is 4.08. The minimum absolute atomic E-state index is 0.478. The van der Waals surface area contributed by atoms with Gasteiger partial charge in [0.1, 0.15) is 25.0 Å². The summed E-state index contributed by atoms with van der Waals surface area (Å²) in [6.07, 6.45) is 6.61. The molecule has 0 amide bonds. The number of likely N-dealkylation sites (tertiary alicyclic amines) is 1. The zero-order valence-corrected chi connectivity index (χ0v) is 16.1. The highest BCUT2D eigenvalue weighted by Gasteiger charge is 2.25. The lowest BCUT2D eigenvalue weighted by molar-refractivity contribution is 0.200. The molecule has 0 saturated carbocycles. The highest BCUT2D eigenvalue weighted by Crippen LogP contribution is 2.27. The molecule has 4 rings (SSSR count). The van der Waals surface area contributed by atoms with E-state index in [0.717, 1.165) is 50.5 Å². The predicted molar refractivity (Wildman–Crippen MR) is 103 cm³/mol. The number of piperidine rings is 1. The fourth-order valence-corrected chi connectivity index (χ4v) is 3.82. The number of benzene rings is 1. The zero-order chi connectivity index (χ0) is 18.6. The monoisotopic (exact) mass is 365 g/mol. The second kappa shape index (κ2) is 8.00. The first-order valence-corrected chi connectivity index (χ1v) is 9.73. The van der Waals surface area contributed by atoms with E-state index in [0.29, 0.717) is 12.5 Å². The predicted octanol–water partition coefficient (Wildman–Crippen LogP) is 2.40. The average Bonchev–Trinajstić information content (AvgIpc) is 3.34. The van der Waals surface area contributed by atoms with Gasteiger partial charge in [0.25, 0.3) is 0 Å². The Bertz CT molecular complexity index is 843.